The minimum Gasteiger partial charge on any atom is -0.389 e. The Kier molecular flexibility index (Phi) is 4.30. The van der Waals surface area contributed by atoms with E-state index < -0.39 is 5.60 Å². The summed E-state index contributed by atoms with van der Waals surface area (Å²) >= 11 is 0. The van der Waals surface area contributed by atoms with Crippen molar-refractivity contribution in [3.05, 3.63) is 41.7 Å². The second kappa shape index (κ2) is 6.21. The van der Waals surface area contributed by atoms with Crippen LogP contribution < -0.4 is 0 Å². The van der Waals surface area contributed by atoms with Crippen LogP contribution in [-0.2, 0) is 4.79 Å². The number of carbonyl (C=O) groups excluding carboxylic acids is 1. The highest BCUT2D eigenvalue weighted by atomic mass is 19.1. The molecule has 2 atom stereocenters. The van der Waals surface area contributed by atoms with E-state index in [2.05, 4.69) is 0 Å². The summed E-state index contributed by atoms with van der Waals surface area (Å²) in [7, 11) is 0. The minimum absolute atomic E-state index is 0.101. The highest BCUT2D eigenvalue weighted by Gasteiger charge is 2.43. The van der Waals surface area contributed by atoms with Crippen molar-refractivity contribution < 1.29 is 14.3 Å². The third-order valence-corrected chi connectivity index (χ3v) is 5.05. The number of piperidine rings is 1. The maximum atomic E-state index is 13.5. The van der Waals surface area contributed by atoms with Crippen LogP contribution in [0.4, 0.5) is 4.39 Å². The number of halogens is 1. The molecule has 1 aromatic rings. The van der Waals surface area contributed by atoms with Gasteiger partial charge in [0.1, 0.15) is 5.82 Å². The van der Waals surface area contributed by atoms with Crippen LogP contribution in [-0.4, -0.2) is 34.6 Å². The lowest BCUT2D eigenvalue weighted by molar-refractivity contribution is -0.138. The Hall–Kier alpha value is -1.68. The number of benzene rings is 1. The van der Waals surface area contributed by atoms with Crippen molar-refractivity contribution in [2.75, 3.05) is 13.1 Å². The van der Waals surface area contributed by atoms with Gasteiger partial charge in [0, 0.05) is 30.6 Å². The van der Waals surface area contributed by atoms with E-state index in [4.69, 9.17) is 0 Å². The van der Waals surface area contributed by atoms with E-state index in [1.807, 2.05) is 0 Å². The molecule has 1 saturated carbocycles. The predicted molar refractivity (Wildman–Crippen MR) is 83.5 cm³/mol. The van der Waals surface area contributed by atoms with Crippen molar-refractivity contribution in [3.8, 4) is 0 Å². The first-order valence-corrected chi connectivity index (χ1v) is 8.02. The quantitative estimate of drug-likeness (QED) is 0.853. The first-order chi connectivity index (χ1) is 10.6. The Balaban J connectivity index is 1.65. The Morgan fingerprint density at radius 3 is 2.95 bits per heavy atom. The van der Waals surface area contributed by atoms with Gasteiger partial charge in [-0.1, -0.05) is 31.0 Å². The van der Waals surface area contributed by atoms with E-state index in [9.17, 15) is 14.3 Å². The molecule has 1 N–H and O–H groups in total. The lowest BCUT2D eigenvalue weighted by Crippen LogP contribution is -2.54. The molecule has 1 aliphatic heterocycles. The van der Waals surface area contributed by atoms with Gasteiger partial charge in [-0.2, -0.15) is 0 Å². The molecule has 118 valence electrons. The molecule has 0 spiro atoms. The van der Waals surface area contributed by atoms with Gasteiger partial charge >= 0.3 is 0 Å². The average molecular weight is 303 g/mol. The lowest BCUT2D eigenvalue weighted by atomic mass is 9.71. The van der Waals surface area contributed by atoms with E-state index in [1.165, 1.54) is 18.2 Å². The number of rotatable bonds is 2. The van der Waals surface area contributed by atoms with E-state index in [1.54, 1.807) is 23.1 Å². The molecule has 2 aliphatic rings. The fourth-order valence-electron chi connectivity index (χ4n) is 3.65. The Bertz CT molecular complexity index is 586. The molecule has 0 radical (unpaired) electrons. The molecule has 22 heavy (non-hydrogen) atoms. The number of hydrogen-bond acceptors (Lipinski definition) is 2. The van der Waals surface area contributed by atoms with E-state index in [0.717, 1.165) is 25.7 Å². The molecule has 4 heteroatoms. The van der Waals surface area contributed by atoms with Gasteiger partial charge in [-0.15, -0.1) is 0 Å². The number of likely N-dealkylation sites (tertiary alicyclic amines) is 1. The van der Waals surface area contributed by atoms with Crippen LogP contribution in [0.5, 0.6) is 0 Å². The number of aliphatic hydroxyl groups is 1. The first kappa shape index (κ1) is 15.2. The second-order valence-corrected chi connectivity index (χ2v) is 6.44. The van der Waals surface area contributed by atoms with Gasteiger partial charge in [0.05, 0.1) is 5.60 Å². The van der Waals surface area contributed by atoms with Gasteiger partial charge in [-0.25, -0.2) is 4.39 Å². The lowest BCUT2D eigenvalue weighted by Gasteiger charge is -2.47. The summed E-state index contributed by atoms with van der Waals surface area (Å²) in [5, 5.41) is 10.6. The van der Waals surface area contributed by atoms with Crippen molar-refractivity contribution in [1.82, 2.24) is 4.90 Å². The molecule has 1 amide bonds. The molecule has 3 rings (SSSR count). The molecule has 1 saturated heterocycles. The molecule has 2 fully saturated rings. The highest BCUT2D eigenvalue weighted by Crippen LogP contribution is 2.39. The third kappa shape index (κ3) is 3.07. The Morgan fingerprint density at radius 1 is 1.32 bits per heavy atom. The SMILES string of the molecule is O=C(/C=C/c1ccccc1F)N1CC[C@@]2(O)CCCC[C@H]2C1. The van der Waals surface area contributed by atoms with Crippen LogP contribution in [0.1, 0.15) is 37.7 Å². The number of hydrogen-bond donors (Lipinski definition) is 1. The number of carbonyl (C=O) groups is 1. The Morgan fingerprint density at radius 2 is 2.14 bits per heavy atom. The maximum absolute atomic E-state index is 13.5. The zero-order chi connectivity index (χ0) is 15.6. The minimum atomic E-state index is -0.579. The monoisotopic (exact) mass is 303 g/mol. The second-order valence-electron chi connectivity index (χ2n) is 6.44. The summed E-state index contributed by atoms with van der Waals surface area (Å²) in [6.07, 6.45) is 7.65. The van der Waals surface area contributed by atoms with E-state index in [0.29, 0.717) is 25.1 Å². The smallest absolute Gasteiger partial charge is 0.246 e. The van der Waals surface area contributed by atoms with Crippen molar-refractivity contribution in [1.29, 1.82) is 0 Å². The summed E-state index contributed by atoms with van der Waals surface area (Å²) in [6.45, 7) is 1.18. The first-order valence-electron chi connectivity index (χ1n) is 8.02. The van der Waals surface area contributed by atoms with Gasteiger partial charge in [-0.05, 0) is 31.4 Å². The normalized spacial score (nSPS) is 28.6. The van der Waals surface area contributed by atoms with Crippen LogP contribution in [0.15, 0.2) is 30.3 Å². The topological polar surface area (TPSA) is 40.5 Å². The van der Waals surface area contributed by atoms with Crippen molar-refractivity contribution >= 4 is 12.0 Å². The molecule has 3 nitrogen and oxygen atoms in total. The summed E-state index contributed by atoms with van der Waals surface area (Å²) < 4.78 is 13.5. The maximum Gasteiger partial charge on any atom is 0.246 e. The van der Waals surface area contributed by atoms with Gasteiger partial charge < -0.3 is 10.0 Å². The predicted octanol–water partition coefficient (Wildman–Crippen LogP) is 2.99. The molecular weight excluding hydrogens is 281 g/mol. The fourth-order valence-corrected chi connectivity index (χ4v) is 3.65. The fraction of sp³-hybridized carbons (Fsp3) is 0.500. The van der Waals surface area contributed by atoms with Crippen molar-refractivity contribution in [2.45, 2.75) is 37.7 Å². The van der Waals surface area contributed by atoms with Crippen LogP contribution in [0, 0.1) is 11.7 Å². The molecular formula is C18H22FNO2. The molecule has 1 aliphatic carbocycles. The van der Waals surface area contributed by atoms with E-state index >= 15 is 0 Å². The van der Waals surface area contributed by atoms with Crippen LogP contribution in [0.2, 0.25) is 0 Å². The molecule has 0 bridgehead atoms. The Labute approximate surface area is 130 Å². The van der Waals surface area contributed by atoms with E-state index in [-0.39, 0.29) is 17.6 Å². The van der Waals surface area contributed by atoms with Crippen LogP contribution >= 0.6 is 0 Å². The van der Waals surface area contributed by atoms with Gasteiger partial charge in [0.25, 0.3) is 0 Å². The zero-order valence-electron chi connectivity index (χ0n) is 12.7. The number of amides is 1. The van der Waals surface area contributed by atoms with Crippen LogP contribution in [0.3, 0.4) is 0 Å². The van der Waals surface area contributed by atoms with Gasteiger partial charge in [-0.3, -0.25) is 4.79 Å². The number of nitrogens with zero attached hydrogens (tertiary/aromatic N) is 1. The van der Waals surface area contributed by atoms with Crippen LogP contribution in [0.25, 0.3) is 6.08 Å². The molecule has 0 unspecified atom stereocenters. The standard InChI is InChI=1S/C18H22FNO2/c19-16-7-2-1-5-14(16)8-9-17(21)20-12-11-18(22)10-4-3-6-15(18)13-20/h1-2,5,7-9,15,22H,3-4,6,10-13H2/b9-8+/t15-,18-/m0/s1. The van der Waals surface area contributed by atoms with Crippen molar-refractivity contribution in [2.24, 2.45) is 5.92 Å². The van der Waals surface area contributed by atoms with Gasteiger partial charge in [0.2, 0.25) is 5.91 Å². The third-order valence-electron chi connectivity index (χ3n) is 5.05. The van der Waals surface area contributed by atoms with Crippen molar-refractivity contribution in [3.63, 3.8) is 0 Å². The summed E-state index contributed by atoms with van der Waals surface area (Å²) in [4.78, 5) is 14.1. The molecule has 1 heterocycles. The molecule has 0 aromatic heterocycles. The molecule has 1 aromatic carbocycles. The average Bonchev–Trinajstić information content (AvgIpc) is 2.53. The highest BCUT2D eigenvalue weighted by molar-refractivity contribution is 5.91. The van der Waals surface area contributed by atoms with Gasteiger partial charge in [0.15, 0.2) is 0 Å². The zero-order valence-corrected chi connectivity index (χ0v) is 12.7. The summed E-state index contributed by atoms with van der Waals surface area (Å²) in [5.74, 6) is -0.247. The number of fused-ring (bicyclic) bond motifs is 1. The summed E-state index contributed by atoms with van der Waals surface area (Å²) in [5.41, 5.74) is -0.161. The summed E-state index contributed by atoms with van der Waals surface area (Å²) in [6, 6.07) is 6.40. The largest absolute Gasteiger partial charge is 0.389 e.